The van der Waals surface area contributed by atoms with Crippen LogP contribution in [0.4, 0.5) is 0 Å². The second-order valence-electron chi connectivity index (χ2n) is 9.65. The van der Waals surface area contributed by atoms with Gasteiger partial charge in [0.25, 0.3) is 5.91 Å². The number of thioether (sulfide) groups is 1. The third-order valence-corrected chi connectivity index (χ3v) is 8.18. The van der Waals surface area contributed by atoms with Gasteiger partial charge >= 0.3 is 0 Å². The fraction of sp³-hybridized carbons (Fsp3) is 0.387. The molecule has 0 radical (unpaired) electrons. The van der Waals surface area contributed by atoms with Crippen LogP contribution in [0, 0.1) is 5.92 Å². The number of hydrogen-bond acceptors (Lipinski definition) is 5. The molecule has 1 aromatic heterocycles. The summed E-state index contributed by atoms with van der Waals surface area (Å²) in [4.78, 5) is 15.9. The van der Waals surface area contributed by atoms with Crippen molar-refractivity contribution in [1.82, 2.24) is 14.7 Å². The van der Waals surface area contributed by atoms with Gasteiger partial charge in [-0.2, -0.15) is 5.10 Å². The molecule has 1 unspecified atom stereocenters. The molecule has 2 aromatic carbocycles. The van der Waals surface area contributed by atoms with Crippen molar-refractivity contribution >= 4 is 40.3 Å². The van der Waals surface area contributed by atoms with Gasteiger partial charge < -0.3 is 4.74 Å². The van der Waals surface area contributed by atoms with E-state index in [0.717, 1.165) is 60.4 Å². The highest BCUT2D eigenvalue weighted by atomic mass is 32.2. The van der Waals surface area contributed by atoms with Gasteiger partial charge in [-0.15, -0.1) is 0 Å². The lowest BCUT2D eigenvalue weighted by molar-refractivity contribution is -0.122. The Balaban J connectivity index is 1.63. The summed E-state index contributed by atoms with van der Waals surface area (Å²) in [7, 11) is 0. The number of benzene rings is 2. The first-order valence-corrected chi connectivity index (χ1v) is 14.9. The number of rotatable bonds is 13. The molecule has 1 aliphatic heterocycles. The molecule has 7 heteroatoms. The lowest BCUT2D eigenvalue weighted by Gasteiger charge is -2.21. The first kappa shape index (κ1) is 28.1. The SMILES string of the molecule is CCCCOc1ccc(-c2nn(-c3ccccc3)cc2/C=C2\SC(=S)N(CC(CC)CCCC)C2=O)cc1. The summed E-state index contributed by atoms with van der Waals surface area (Å²) in [5, 5.41) is 4.92. The van der Waals surface area contributed by atoms with Gasteiger partial charge in [-0.3, -0.25) is 9.69 Å². The molecular formula is C31H37N3O2S2. The van der Waals surface area contributed by atoms with Crippen LogP contribution in [0.3, 0.4) is 0 Å². The van der Waals surface area contributed by atoms with Crippen molar-refractivity contribution in [2.45, 2.75) is 59.3 Å². The number of thiocarbonyl (C=S) groups is 1. The number of ether oxygens (including phenoxy) is 1. The minimum Gasteiger partial charge on any atom is -0.494 e. The molecule has 0 N–H and O–H groups in total. The third kappa shape index (κ3) is 6.94. The molecule has 3 aromatic rings. The topological polar surface area (TPSA) is 47.4 Å². The summed E-state index contributed by atoms with van der Waals surface area (Å²) in [6, 6.07) is 18.0. The van der Waals surface area contributed by atoms with Crippen LogP contribution in [0.1, 0.15) is 64.9 Å². The van der Waals surface area contributed by atoms with Gasteiger partial charge in [0.2, 0.25) is 0 Å². The van der Waals surface area contributed by atoms with Crippen molar-refractivity contribution in [2.24, 2.45) is 5.92 Å². The fourth-order valence-electron chi connectivity index (χ4n) is 4.45. The molecule has 5 nitrogen and oxygen atoms in total. The summed E-state index contributed by atoms with van der Waals surface area (Å²) in [5.41, 5.74) is 3.62. The maximum Gasteiger partial charge on any atom is 0.266 e. The zero-order valence-electron chi connectivity index (χ0n) is 22.6. The predicted molar refractivity (Wildman–Crippen MR) is 163 cm³/mol. The van der Waals surface area contributed by atoms with Crippen LogP contribution < -0.4 is 4.74 Å². The van der Waals surface area contributed by atoms with Crippen LogP contribution in [0.2, 0.25) is 0 Å². The molecule has 0 saturated carbocycles. The summed E-state index contributed by atoms with van der Waals surface area (Å²) in [5.74, 6) is 1.31. The molecule has 200 valence electrons. The van der Waals surface area contributed by atoms with Crippen molar-refractivity contribution in [3.8, 4) is 22.7 Å². The van der Waals surface area contributed by atoms with E-state index in [1.807, 2.05) is 71.6 Å². The van der Waals surface area contributed by atoms with E-state index in [1.54, 1.807) is 4.90 Å². The van der Waals surface area contributed by atoms with Gasteiger partial charge in [0.15, 0.2) is 0 Å². The smallest absolute Gasteiger partial charge is 0.266 e. The molecule has 2 heterocycles. The average Bonchev–Trinajstić information content (AvgIpc) is 3.48. The van der Waals surface area contributed by atoms with E-state index in [1.165, 1.54) is 18.2 Å². The lowest BCUT2D eigenvalue weighted by Crippen LogP contribution is -2.33. The Morgan fingerprint density at radius 3 is 2.45 bits per heavy atom. The Hall–Kier alpha value is -2.90. The number of aromatic nitrogens is 2. The molecular weight excluding hydrogens is 510 g/mol. The standard InChI is InChI=1S/C31H37N3O2S2/c1-4-7-12-23(6-3)21-33-30(35)28(38-31(33)37)20-25-22-34(26-13-10-9-11-14-26)32-29(25)24-15-17-27(18-16-24)36-19-8-5-2/h9-11,13-18,20,22-23H,4-8,12,19,21H2,1-3H3/b28-20-. The third-order valence-electron chi connectivity index (χ3n) is 6.80. The van der Waals surface area contributed by atoms with Gasteiger partial charge in [-0.1, -0.05) is 88.6 Å². The Labute approximate surface area is 236 Å². The summed E-state index contributed by atoms with van der Waals surface area (Å²) in [6.45, 7) is 7.95. The van der Waals surface area contributed by atoms with Gasteiger partial charge in [0.1, 0.15) is 10.1 Å². The van der Waals surface area contributed by atoms with Crippen molar-refractivity contribution in [3.63, 3.8) is 0 Å². The monoisotopic (exact) mass is 547 g/mol. The number of carbonyl (C=O) groups excluding carboxylic acids is 1. The Bertz CT molecular complexity index is 1250. The highest BCUT2D eigenvalue weighted by Crippen LogP contribution is 2.36. The minimum absolute atomic E-state index is 0.00645. The zero-order valence-corrected chi connectivity index (χ0v) is 24.2. The first-order chi connectivity index (χ1) is 18.5. The summed E-state index contributed by atoms with van der Waals surface area (Å²) < 4.78 is 8.35. The van der Waals surface area contributed by atoms with Crippen molar-refractivity contribution in [1.29, 1.82) is 0 Å². The fourth-order valence-corrected chi connectivity index (χ4v) is 5.71. The molecule has 38 heavy (non-hydrogen) atoms. The van der Waals surface area contributed by atoms with Crippen LogP contribution in [-0.4, -0.2) is 38.1 Å². The molecule has 0 spiro atoms. The number of unbranched alkanes of at least 4 members (excludes halogenated alkanes) is 2. The first-order valence-electron chi connectivity index (χ1n) is 13.7. The second-order valence-corrected chi connectivity index (χ2v) is 11.3. The highest BCUT2D eigenvalue weighted by Gasteiger charge is 2.33. The van der Waals surface area contributed by atoms with E-state index in [0.29, 0.717) is 28.3 Å². The quantitative estimate of drug-likeness (QED) is 0.123. The summed E-state index contributed by atoms with van der Waals surface area (Å²) >= 11 is 7.04. The molecule has 0 bridgehead atoms. The van der Waals surface area contributed by atoms with Crippen molar-refractivity contribution in [3.05, 3.63) is 71.3 Å². The molecule has 1 aliphatic rings. The number of amides is 1. The van der Waals surface area contributed by atoms with E-state index in [-0.39, 0.29) is 5.91 Å². The zero-order chi connectivity index (χ0) is 26.9. The van der Waals surface area contributed by atoms with E-state index in [9.17, 15) is 4.79 Å². The molecule has 4 rings (SSSR count). The highest BCUT2D eigenvalue weighted by molar-refractivity contribution is 8.26. The predicted octanol–water partition coefficient (Wildman–Crippen LogP) is 8.14. The lowest BCUT2D eigenvalue weighted by atomic mass is 9.99. The van der Waals surface area contributed by atoms with E-state index >= 15 is 0 Å². The van der Waals surface area contributed by atoms with Crippen LogP contribution in [0.5, 0.6) is 5.75 Å². The van der Waals surface area contributed by atoms with Gasteiger partial charge in [-0.25, -0.2) is 4.68 Å². The molecule has 1 atom stereocenters. The number of nitrogens with zero attached hydrogens (tertiary/aromatic N) is 3. The van der Waals surface area contributed by atoms with E-state index < -0.39 is 0 Å². The number of hydrogen-bond donors (Lipinski definition) is 0. The molecule has 1 saturated heterocycles. The second kappa shape index (κ2) is 13.8. The van der Waals surface area contributed by atoms with Gasteiger partial charge in [0, 0.05) is 23.9 Å². The largest absolute Gasteiger partial charge is 0.494 e. The maximum absolute atomic E-state index is 13.4. The molecule has 1 amide bonds. The normalized spacial score (nSPS) is 15.4. The van der Waals surface area contributed by atoms with Crippen LogP contribution in [0.25, 0.3) is 23.0 Å². The van der Waals surface area contributed by atoms with Crippen LogP contribution in [-0.2, 0) is 4.79 Å². The number of para-hydroxylation sites is 1. The van der Waals surface area contributed by atoms with Gasteiger partial charge in [0.05, 0.1) is 22.9 Å². The minimum atomic E-state index is -0.00645. The molecule has 0 aliphatic carbocycles. The van der Waals surface area contributed by atoms with E-state index in [4.69, 9.17) is 22.1 Å². The maximum atomic E-state index is 13.4. The Morgan fingerprint density at radius 1 is 1.03 bits per heavy atom. The molecule has 1 fully saturated rings. The van der Waals surface area contributed by atoms with E-state index in [2.05, 4.69) is 20.8 Å². The summed E-state index contributed by atoms with van der Waals surface area (Å²) in [6.07, 6.45) is 10.6. The Kier molecular flexibility index (Phi) is 10.2. The van der Waals surface area contributed by atoms with Crippen molar-refractivity contribution in [2.75, 3.05) is 13.2 Å². The van der Waals surface area contributed by atoms with Crippen molar-refractivity contribution < 1.29 is 9.53 Å². The average molecular weight is 548 g/mol. The van der Waals surface area contributed by atoms with Crippen LogP contribution in [0.15, 0.2) is 65.7 Å². The Morgan fingerprint density at radius 2 is 1.76 bits per heavy atom. The van der Waals surface area contributed by atoms with Gasteiger partial charge in [-0.05, 0) is 61.2 Å². The van der Waals surface area contributed by atoms with Crippen LogP contribution >= 0.6 is 24.0 Å². The number of carbonyl (C=O) groups is 1.